The molecule has 0 atom stereocenters. The van der Waals surface area contributed by atoms with Gasteiger partial charge in [-0.05, 0) is 38.5 Å². The van der Waals surface area contributed by atoms with E-state index in [2.05, 4.69) is 36.7 Å². The van der Waals surface area contributed by atoms with E-state index in [1.807, 2.05) is 31.2 Å². The molecule has 7 heteroatoms. The Kier molecular flexibility index (Phi) is 5.32. The first-order chi connectivity index (χ1) is 10.5. The maximum Gasteiger partial charge on any atom is 0.343 e. The van der Waals surface area contributed by atoms with E-state index in [0.29, 0.717) is 23.7 Å². The summed E-state index contributed by atoms with van der Waals surface area (Å²) < 4.78 is 6.02. The minimum Gasteiger partial charge on any atom is -0.462 e. The largest absolute Gasteiger partial charge is 0.462 e. The Labute approximate surface area is 137 Å². The van der Waals surface area contributed by atoms with E-state index in [9.17, 15) is 4.79 Å². The number of esters is 1. The number of halogens is 1. The van der Waals surface area contributed by atoms with Crippen molar-refractivity contribution in [1.82, 2.24) is 10.2 Å². The highest BCUT2D eigenvalue weighted by Gasteiger charge is 2.19. The average molecular weight is 365 g/mol. The minimum absolute atomic E-state index is 0.310. The van der Waals surface area contributed by atoms with E-state index < -0.39 is 5.97 Å². The summed E-state index contributed by atoms with van der Waals surface area (Å²) >= 11 is 3.39. The fourth-order valence-electron chi connectivity index (χ4n) is 1.86. The average Bonchev–Trinajstić information content (AvgIpc) is 2.86. The number of hydrazone groups is 1. The number of anilines is 1. The summed E-state index contributed by atoms with van der Waals surface area (Å²) in [4.78, 5) is 11.9. The van der Waals surface area contributed by atoms with Crippen molar-refractivity contribution < 1.29 is 9.53 Å². The topological polar surface area (TPSA) is 79.4 Å². The number of nitrogens with zero attached hydrogens (tertiary/aromatic N) is 2. The van der Waals surface area contributed by atoms with E-state index in [1.165, 1.54) is 0 Å². The lowest BCUT2D eigenvalue weighted by Crippen LogP contribution is -2.08. The zero-order valence-electron chi connectivity index (χ0n) is 12.6. The molecule has 116 valence electrons. The molecule has 2 aromatic rings. The summed E-state index contributed by atoms with van der Waals surface area (Å²) in [5, 5.41) is 11.1. The Morgan fingerprint density at radius 3 is 2.73 bits per heavy atom. The van der Waals surface area contributed by atoms with Crippen LogP contribution >= 0.6 is 15.9 Å². The maximum atomic E-state index is 11.9. The molecule has 0 spiro atoms. The molecule has 0 fully saturated rings. The number of carbonyl (C=O) groups excluding carboxylic acids is 1. The van der Waals surface area contributed by atoms with Gasteiger partial charge in [0.2, 0.25) is 0 Å². The second-order valence-electron chi connectivity index (χ2n) is 4.61. The van der Waals surface area contributed by atoms with Gasteiger partial charge in [-0.2, -0.15) is 10.2 Å². The van der Waals surface area contributed by atoms with Crippen molar-refractivity contribution in [3.05, 3.63) is 45.6 Å². The van der Waals surface area contributed by atoms with E-state index in [4.69, 9.17) is 4.74 Å². The maximum absolute atomic E-state index is 11.9. The lowest BCUT2D eigenvalue weighted by atomic mass is 10.1. The number of aromatic amines is 1. The highest BCUT2D eigenvalue weighted by atomic mass is 79.9. The van der Waals surface area contributed by atoms with Gasteiger partial charge in [-0.3, -0.25) is 10.5 Å². The number of carbonyl (C=O) groups is 1. The first-order valence-electron chi connectivity index (χ1n) is 6.81. The second kappa shape index (κ2) is 7.22. The van der Waals surface area contributed by atoms with Crippen molar-refractivity contribution in [2.75, 3.05) is 12.0 Å². The van der Waals surface area contributed by atoms with Crippen molar-refractivity contribution in [2.24, 2.45) is 5.10 Å². The van der Waals surface area contributed by atoms with Crippen LogP contribution in [0.15, 0.2) is 33.8 Å². The molecule has 1 aromatic carbocycles. The van der Waals surface area contributed by atoms with Crippen LogP contribution in [-0.4, -0.2) is 28.5 Å². The molecular weight excluding hydrogens is 348 g/mol. The van der Waals surface area contributed by atoms with E-state index in [1.54, 1.807) is 13.8 Å². The molecule has 0 bridgehead atoms. The first-order valence-corrected chi connectivity index (χ1v) is 7.60. The SMILES string of the molecule is CCOC(=O)c1c(NN=C(C)c2ccc(Br)cc2)n[nH]c1C. The molecule has 0 saturated carbocycles. The normalized spacial score (nSPS) is 11.4. The number of benzene rings is 1. The van der Waals surface area contributed by atoms with Crippen molar-refractivity contribution in [3.8, 4) is 0 Å². The fraction of sp³-hybridized carbons (Fsp3) is 0.267. The molecule has 6 nitrogen and oxygen atoms in total. The van der Waals surface area contributed by atoms with Gasteiger partial charge in [0.25, 0.3) is 0 Å². The van der Waals surface area contributed by atoms with E-state index in [0.717, 1.165) is 15.7 Å². The molecular formula is C15H17BrN4O2. The van der Waals surface area contributed by atoms with Crippen LogP contribution in [0.4, 0.5) is 5.82 Å². The van der Waals surface area contributed by atoms with Gasteiger partial charge in [0.1, 0.15) is 5.56 Å². The number of aromatic nitrogens is 2. The van der Waals surface area contributed by atoms with Crippen LogP contribution in [0.25, 0.3) is 0 Å². The third-order valence-electron chi connectivity index (χ3n) is 3.02. The molecule has 2 N–H and O–H groups in total. The number of aryl methyl sites for hydroxylation is 1. The molecule has 1 heterocycles. The molecule has 0 unspecified atom stereocenters. The van der Waals surface area contributed by atoms with Crippen molar-refractivity contribution >= 4 is 33.4 Å². The van der Waals surface area contributed by atoms with Gasteiger partial charge in [-0.1, -0.05) is 28.1 Å². The predicted molar refractivity (Wildman–Crippen MR) is 89.3 cm³/mol. The van der Waals surface area contributed by atoms with Gasteiger partial charge in [-0.15, -0.1) is 0 Å². The number of H-pyrrole nitrogens is 1. The molecule has 0 aliphatic rings. The Morgan fingerprint density at radius 2 is 2.09 bits per heavy atom. The predicted octanol–water partition coefficient (Wildman–Crippen LogP) is 3.49. The number of nitrogens with one attached hydrogen (secondary N) is 2. The molecule has 2 rings (SSSR count). The number of rotatable bonds is 5. The molecule has 22 heavy (non-hydrogen) atoms. The Balaban J connectivity index is 2.19. The van der Waals surface area contributed by atoms with E-state index in [-0.39, 0.29) is 0 Å². The zero-order valence-corrected chi connectivity index (χ0v) is 14.2. The summed E-state index contributed by atoms with van der Waals surface area (Å²) in [5.74, 6) is -0.0693. The van der Waals surface area contributed by atoms with Gasteiger partial charge < -0.3 is 4.74 Å². The summed E-state index contributed by atoms with van der Waals surface area (Å²) in [6, 6.07) is 7.79. The molecule has 0 aliphatic heterocycles. The van der Waals surface area contributed by atoms with Crippen molar-refractivity contribution in [3.63, 3.8) is 0 Å². The number of hydrogen-bond acceptors (Lipinski definition) is 5. The van der Waals surface area contributed by atoms with Crippen molar-refractivity contribution in [1.29, 1.82) is 0 Å². The third kappa shape index (κ3) is 3.73. The van der Waals surface area contributed by atoms with Crippen LogP contribution in [0.2, 0.25) is 0 Å². The zero-order chi connectivity index (χ0) is 16.1. The van der Waals surface area contributed by atoms with Crippen LogP contribution in [0, 0.1) is 6.92 Å². The fourth-order valence-corrected chi connectivity index (χ4v) is 2.12. The minimum atomic E-state index is -0.423. The Morgan fingerprint density at radius 1 is 1.41 bits per heavy atom. The van der Waals surface area contributed by atoms with Gasteiger partial charge in [0, 0.05) is 10.2 Å². The van der Waals surface area contributed by atoms with E-state index >= 15 is 0 Å². The Bertz CT molecular complexity index is 692. The molecule has 1 aromatic heterocycles. The first kappa shape index (κ1) is 16.2. The summed E-state index contributed by atoms with van der Waals surface area (Å²) in [6.45, 7) is 5.70. The van der Waals surface area contributed by atoms with Gasteiger partial charge in [0.15, 0.2) is 5.82 Å². The second-order valence-corrected chi connectivity index (χ2v) is 5.52. The monoisotopic (exact) mass is 364 g/mol. The Hall–Kier alpha value is -2.15. The highest BCUT2D eigenvalue weighted by molar-refractivity contribution is 9.10. The molecule has 0 saturated heterocycles. The quantitative estimate of drug-likeness (QED) is 0.483. The molecule has 0 amide bonds. The van der Waals surface area contributed by atoms with Crippen molar-refractivity contribution in [2.45, 2.75) is 20.8 Å². The molecule has 0 radical (unpaired) electrons. The number of hydrogen-bond donors (Lipinski definition) is 2. The molecule has 0 aliphatic carbocycles. The van der Waals surface area contributed by atoms with Crippen LogP contribution < -0.4 is 5.43 Å². The van der Waals surface area contributed by atoms with Gasteiger partial charge >= 0.3 is 5.97 Å². The summed E-state index contributed by atoms with van der Waals surface area (Å²) in [5.41, 5.74) is 5.58. The van der Waals surface area contributed by atoms with Crippen LogP contribution in [0.5, 0.6) is 0 Å². The lowest BCUT2D eigenvalue weighted by molar-refractivity contribution is 0.0526. The lowest BCUT2D eigenvalue weighted by Gasteiger charge is -2.05. The standard InChI is InChI=1S/C15H17BrN4O2/c1-4-22-15(21)13-10(3)18-20-14(13)19-17-9(2)11-5-7-12(16)8-6-11/h5-8H,4H2,1-3H3,(H2,18,19,20). The summed E-state index contributed by atoms with van der Waals surface area (Å²) in [6.07, 6.45) is 0. The van der Waals surface area contributed by atoms with Crippen LogP contribution in [-0.2, 0) is 4.74 Å². The smallest absolute Gasteiger partial charge is 0.343 e. The van der Waals surface area contributed by atoms with Gasteiger partial charge in [-0.25, -0.2) is 4.79 Å². The van der Waals surface area contributed by atoms with Crippen LogP contribution in [0.1, 0.15) is 35.5 Å². The van der Waals surface area contributed by atoms with Gasteiger partial charge in [0.05, 0.1) is 12.3 Å². The third-order valence-corrected chi connectivity index (χ3v) is 3.55. The summed E-state index contributed by atoms with van der Waals surface area (Å²) in [7, 11) is 0. The highest BCUT2D eigenvalue weighted by Crippen LogP contribution is 2.18. The van der Waals surface area contributed by atoms with Crippen LogP contribution in [0.3, 0.4) is 0 Å². The number of ether oxygens (including phenoxy) is 1.